The van der Waals surface area contributed by atoms with Crippen LogP contribution in [-0.4, -0.2) is 36.9 Å². The van der Waals surface area contributed by atoms with Gasteiger partial charge >= 0.3 is 12.1 Å². The quantitative estimate of drug-likeness (QED) is 0.123. The van der Waals surface area contributed by atoms with E-state index in [1.54, 1.807) is 18.2 Å². The topological polar surface area (TPSA) is 94.1 Å². The van der Waals surface area contributed by atoms with E-state index in [1.807, 2.05) is 121 Å². The molecule has 0 spiro atoms. The van der Waals surface area contributed by atoms with E-state index in [2.05, 4.69) is 17.4 Å². The average Bonchev–Trinajstić information content (AvgIpc) is 3.50. The largest absolute Gasteiger partial charge is 0.493 e. The summed E-state index contributed by atoms with van der Waals surface area (Å²) in [7, 11) is 1.53. The van der Waals surface area contributed by atoms with Crippen LogP contribution in [0.3, 0.4) is 0 Å². The van der Waals surface area contributed by atoms with Crippen LogP contribution in [0.5, 0.6) is 11.5 Å². The van der Waals surface area contributed by atoms with Crippen LogP contribution >= 0.6 is 11.6 Å². The number of carboxylic acid groups (broad SMARTS) is 1. The van der Waals surface area contributed by atoms with E-state index < -0.39 is 23.7 Å². The second-order valence-electron chi connectivity index (χ2n) is 12.5. The highest BCUT2D eigenvalue weighted by molar-refractivity contribution is 6.31. The van der Waals surface area contributed by atoms with Crippen molar-refractivity contribution in [2.45, 2.75) is 24.0 Å². The zero-order valence-corrected chi connectivity index (χ0v) is 29.1. The van der Waals surface area contributed by atoms with Crippen LogP contribution in [0.15, 0.2) is 152 Å². The van der Waals surface area contributed by atoms with E-state index in [1.165, 1.54) is 7.11 Å². The molecule has 7 nitrogen and oxygen atoms in total. The van der Waals surface area contributed by atoms with Crippen LogP contribution in [-0.2, 0) is 21.6 Å². The summed E-state index contributed by atoms with van der Waals surface area (Å²) >= 11 is 6.89. The molecule has 1 aliphatic rings. The average molecular weight is 710 g/mol. The smallest absolute Gasteiger partial charge is 0.407 e. The van der Waals surface area contributed by atoms with E-state index >= 15 is 0 Å². The molecule has 260 valence electrons. The van der Waals surface area contributed by atoms with Gasteiger partial charge in [0.15, 0.2) is 17.1 Å². The first kappa shape index (κ1) is 34.4. The number of amides is 1. The Kier molecular flexibility index (Phi) is 9.96. The maximum absolute atomic E-state index is 13.0. The number of carboxylic acids is 1. The van der Waals surface area contributed by atoms with E-state index in [0.717, 1.165) is 38.9 Å². The Labute approximate surface area is 307 Å². The van der Waals surface area contributed by atoms with Crippen LogP contribution in [0.25, 0.3) is 11.1 Å². The fraction of sp³-hybridized carbons (Fsp3) is 0.136. The van der Waals surface area contributed by atoms with Gasteiger partial charge in [-0.3, -0.25) is 0 Å². The summed E-state index contributed by atoms with van der Waals surface area (Å²) in [5.74, 6) is -0.553. The third-order valence-corrected chi connectivity index (χ3v) is 9.81. The first-order valence-corrected chi connectivity index (χ1v) is 17.3. The molecule has 8 heteroatoms. The van der Waals surface area contributed by atoms with Gasteiger partial charge in [-0.05, 0) is 46.0 Å². The molecule has 0 fully saturated rings. The van der Waals surface area contributed by atoms with Gasteiger partial charge in [-0.15, -0.1) is 0 Å². The molecule has 0 aromatic heterocycles. The Bertz CT molecular complexity index is 2120. The van der Waals surface area contributed by atoms with Crippen molar-refractivity contribution < 1.29 is 28.9 Å². The highest BCUT2D eigenvalue weighted by Gasteiger charge is 2.41. The van der Waals surface area contributed by atoms with Crippen molar-refractivity contribution in [1.82, 2.24) is 5.32 Å². The number of carbonyl (C=O) groups is 2. The van der Waals surface area contributed by atoms with Crippen LogP contribution < -0.4 is 14.8 Å². The SMILES string of the molecule is COc1cc(C[C@H](NC(=O)OCC2c3ccccc3-c3ccccc32)C(=O)O)ccc1OC(c1ccccc1)(c1ccccc1)c1ccccc1Cl. The van der Waals surface area contributed by atoms with Gasteiger partial charge in [-0.1, -0.05) is 145 Å². The van der Waals surface area contributed by atoms with Gasteiger partial charge in [0.1, 0.15) is 12.6 Å². The number of benzene rings is 6. The lowest BCUT2D eigenvalue weighted by Gasteiger charge is -2.37. The molecule has 0 heterocycles. The van der Waals surface area contributed by atoms with Crippen molar-refractivity contribution in [1.29, 1.82) is 0 Å². The predicted octanol–water partition coefficient (Wildman–Crippen LogP) is 9.25. The number of rotatable bonds is 12. The summed E-state index contributed by atoms with van der Waals surface area (Å²) in [5.41, 5.74) is 6.21. The highest BCUT2D eigenvalue weighted by atomic mass is 35.5. The minimum Gasteiger partial charge on any atom is -0.493 e. The predicted molar refractivity (Wildman–Crippen MR) is 201 cm³/mol. The lowest BCUT2D eigenvalue weighted by Crippen LogP contribution is -2.42. The lowest BCUT2D eigenvalue weighted by atomic mass is 9.80. The van der Waals surface area contributed by atoms with Crippen LogP contribution in [0.4, 0.5) is 4.79 Å². The number of hydrogen-bond acceptors (Lipinski definition) is 5. The van der Waals surface area contributed by atoms with Crippen molar-refractivity contribution in [2.75, 3.05) is 13.7 Å². The Morgan fingerprint density at radius 2 is 1.29 bits per heavy atom. The summed E-state index contributed by atoms with van der Waals surface area (Å²) in [6.45, 7) is 0.0715. The van der Waals surface area contributed by atoms with Gasteiger partial charge in [0, 0.05) is 34.1 Å². The second kappa shape index (κ2) is 15.1. The summed E-state index contributed by atoms with van der Waals surface area (Å²) in [6.07, 6.45) is -0.833. The number of nitrogens with one attached hydrogen (secondary N) is 1. The molecule has 0 unspecified atom stereocenters. The third kappa shape index (κ3) is 6.71. The zero-order valence-electron chi connectivity index (χ0n) is 28.4. The highest BCUT2D eigenvalue weighted by Crippen LogP contribution is 2.47. The van der Waals surface area contributed by atoms with Gasteiger partial charge in [0.25, 0.3) is 0 Å². The molecule has 0 radical (unpaired) electrons. The number of ether oxygens (including phenoxy) is 3. The van der Waals surface area contributed by atoms with Crippen molar-refractivity contribution in [3.05, 3.63) is 190 Å². The molecule has 6 aromatic rings. The lowest BCUT2D eigenvalue weighted by molar-refractivity contribution is -0.139. The Balaban J connectivity index is 1.13. The van der Waals surface area contributed by atoms with Crippen molar-refractivity contribution in [3.63, 3.8) is 0 Å². The molecule has 1 atom stereocenters. The maximum Gasteiger partial charge on any atom is 0.407 e. The van der Waals surface area contributed by atoms with Crippen LogP contribution in [0.2, 0.25) is 5.02 Å². The molecular weight excluding hydrogens is 674 g/mol. The van der Waals surface area contributed by atoms with E-state index in [-0.39, 0.29) is 18.9 Å². The molecule has 7 rings (SSSR count). The Hall–Kier alpha value is -6.05. The molecule has 0 bridgehead atoms. The van der Waals surface area contributed by atoms with Gasteiger partial charge in [-0.2, -0.15) is 0 Å². The minimum absolute atomic E-state index is 0.0246. The van der Waals surface area contributed by atoms with E-state index in [9.17, 15) is 14.7 Å². The number of carbonyl (C=O) groups excluding carboxylic acids is 1. The maximum atomic E-state index is 13.0. The van der Waals surface area contributed by atoms with Crippen molar-refractivity contribution in [3.8, 4) is 22.6 Å². The summed E-state index contributed by atoms with van der Waals surface area (Å²) in [4.78, 5) is 25.4. The summed E-state index contributed by atoms with van der Waals surface area (Å²) in [5, 5.41) is 13.2. The van der Waals surface area contributed by atoms with Crippen LogP contribution in [0.1, 0.15) is 39.3 Å². The normalized spacial score (nSPS) is 12.7. The number of alkyl carbamates (subject to hydrolysis) is 1. The van der Waals surface area contributed by atoms with E-state index in [0.29, 0.717) is 22.1 Å². The molecule has 1 aliphatic carbocycles. The molecule has 0 saturated carbocycles. The number of fused-ring (bicyclic) bond motifs is 3. The summed E-state index contributed by atoms with van der Waals surface area (Å²) < 4.78 is 18.5. The van der Waals surface area contributed by atoms with Crippen molar-refractivity contribution >= 4 is 23.7 Å². The minimum atomic E-state index is -1.26. The fourth-order valence-corrected chi connectivity index (χ4v) is 7.32. The number of hydrogen-bond donors (Lipinski definition) is 2. The monoisotopic (exact) mass is 709 g/mol. The van der Waals surface area contributed by atoms with Gasteiger partial charge in [0.05, 0.1) is 7.11 Å². The van der Waals surface area contributed by atoms with Gasteiger partial charge < -0.3 is 24.6 Å². The zero-order chi connectivity index (χ0) is 36.1. The first-order chi connectivity index (χ1) is 25.4. The summed E-state index contributed by atoms with van der Waals surface area (Å²) in [6, 6.07) is 47.2. The molecule has 0 saturated heterocycles. The van der Waals surface area contributed by atoms with Crippen molar-refractivity contribution in [2.24, 2.45) is 0 Å². The molecule has 2 N–H and O–H groups in total. The van der Waals surface area contributed by atoms with Gasteiger partial charge in [0.2, 0.25) is 0 Å². The number of halogens is 1. The molecular formula is C44H36ClNO6. The molecule has 0 aliphatic heterocycles. The molecule has 52 heavy (non-hydrogen) atoms. The van der Waals surface area contributed by atoms with Crippen LogP contribution in [0, 0.1) is 0 Å². The standard InChI is InChI=1S/C44H36ClNO6/c1-50-41-27-29(26-39(42(47)48)46-43(49)51-28-36-34-20-10-8-18-32(34)33-19-9-11-21-35(33)36)24-25-40(41)52-44(30-14-4-2-5-15-30,31-16-6-3-7-17-31)37-22-12-13-23-38(37)45/h2-25,27,36,39H,26,28H2,1H3,(H,46,49)(H,47,48)/t39-/m0/s1. The third-order valence-electron chi connectivity index (χ3n) is 9.48. The molecule has 1 amide bonds. The Morgan fingerprint density at radius 3 is 1.87 bits per heavy atom. The number of methoxy groups -OCH3 is 1. The molecule has 6 aromatic carbocycles. The van der Waals surface area contributed by atoms with E-state index in [4.69, 9.17) is 25.8 Å². The second-order valence-corrected chi connectivity index (χ2v) is 13.0. The number of aliphatic carboxylic acids is 1. The first-order valence-electron chi connectivity index (χ1n) is 17.0. The Morgan fingerprint density at radius 1 is 0.731 bits per heavy atom. The fourth-order valence-electron chi connectivity index (χ4n) is 7.05. The van der Waals surface area contributed by atoms with Gasteiger partial charge in [-0.25, -0.2) is 9.59 Å².